The molecule has 9 nitrogen and oxygen atoms in total. The Labute approximate surface area is 202 Å². The highest BCUT2D eigenvalue weighted by Crippen LogP contribution is 2.31. The Kier molecular flexibility index (Phi) is 6.71. The number of fused-ring (bicyclic) bond motifs is 1. The lowest BCUT2D eigenvalue weighted by atomic mass is 10.1. The fourth-order valence-electron chi connectivity index (χ4n) is 3.13. The number of halogens is 1. The molecule has 0 aliphatic carbocycles. The molecule has 4 rings (SSSR count). The van der Waals surface area contributed by atoms with Crippen LogP contribution in [-0.4, -0.2) is 40.2 Å². The average Bonchev–Trinajstić information content (AvgIpc) is 3.21. The van der Waals surface area contributed by atoms with Gasteiger partial charge in [-0.05, 0) is 54.6 Å². The first-order chi connectivity index (χ1) is 16.3. The Morgan fingerprint density at radius 1 is 1.03 bits per heavy atom. The molecule has 0 atom stereocenters. The average molecular weight is 497 g/mol. The van der Waals surface area contributed by atoms with Gasteiger partial charge in [-0.3, -0.25) is 10.1 Å². The number of aromatic amines is 1. The van der Waals surface area contributed by atoms with Gasteiger partial charge in [-0.2, -0.15) is 0 Å². The predicted octanol–water partition coefficient (Wildman–Crippen LogP) is 5.50. The summed E-state index contributed by atoms with van der Waals surface area (Å²) in [6.45, 7) is 0. The zero-order valence-electron chi connectivity index (χ0n) is 17.6. The van der Waals surface area contributed by atoms with Crippen LogP contribution in [0, 0.1) is 0 Å². The third kappa shape index (κ3) is 5.13. The number of carboxylic acid groups (broad SMARTS) is 1. The van der Waals surface area contributed by atoms with Crippen LogP contribution in [0.4, 0.5) is 16.4 Å². The van der Waals surface area contributed by atoms with Crippen LogP contribution in [0.5, 0.6) is 0 Å². The Hall–Kier alpha value is -4.02. The van der Waals surface area contributed by atoms with Crippen molar-refractivity contribution in [3.8, 4) is 0 Å². The number of methoxy groups -OCH3 is 1. The van der Waals surface area contributed by atoms with E-state index in [1.807, 2.05) is 30.3 Å². The highest BCUT2D eigenvalue weighted by molar-refractivity contribution is 7.99. The number of aromatic nitrogens is 2. The van der Waals surface area contributed by atoms with Crippen molar-refractivity contribution in [2.45, 2.75) is 9.79 Å². The number of carbonyl (C=O) groups is 3. The summed E-state index contributed by atoms with van der Waals surface area (Å²) in [5, 5.41) is 14.6. The largest absolute Gasteiger partial charge is 0.478 e. The third-order valence-electron chi connectivity index (χ3n) is 4.68. The van der Waals surface area contributed by atoms with Gasteiger partial charge >= 0.3 is 12.1 Å². The fourth-order valence-corrected chi connectivity index (χ4v) is 4.25. The first kappa shape index (κ1) is 23.1. The standard InChI is InChI=1S/C23H17ClN4O5S/c1-33-23(32)28-22-26-17-10-9-14(11-18(17)27-22)34-13-7-5-12(6-8-13)25-20(29)19-15(21(30)31)3-2-4-16(19)24/h2-11H,1H3,(H,25,29)(H,30,31)(H2,26,27,28,32). The van der Waals surface area contributed by atoms with Gasteiger partial charge in [0.25, 0.3) is 5.91 Å². The highest BCUT2D eigenvalue weighted by atomic mass is 35.5. The van der Waals surface area contributed by atoms with E-state index in [1.54, 1.807) is 12.1 Å². The van der Waals surface area contributed by atoms with Crippen LogP contribution in [-0.2, 0) is 4.74 Å². The Bertz CT molecular complexity index is 1400. The molecule has 0 bridgehead atoms. The van der Waals surface area contributed by atoms with Crippen molar-refractivity contribution < 1.29 is 24.2 Å². The van der Waals surface area contributed by atoms with Gasteiger partial charge < -0.3 is 20.1 Å². The molecule has 4 N–H and O–H groups in total. The molecule has 0 saturated heterocycles. The van der Waals surface area contributed by atoms with E-state index in [1.165, 1.54) is 37.1 Å². The second kappa shape index (κ2) is 9.86. The van der Waals surface area contributed by atoms with Gasteiger partial charge in [0.05, 0.1) is 34.3 Å². The number of ether oxygens (including phenoxy) is 1. The highest BCUT2D eigenvalue weighted by Gasteiger charge is 2.20. The maximum atomic E-state index is 12.6. The summed E-state index contributed by atoms with van der Waals surface area (Å²) in [5.74, 6) is -1.56. The van der Waals surface area contributed by atoms with Crippen molar-refractivity contribution in [1.82, 2.24) is 9.97 Å². The normalized spacial score (nSPS) is 10.6. The van der Waals surface area contributed by atoms with E-state index in [9.17, 15) is 19.5 Å². The molecule has 2 amide bonds. The number of carbonyl (C=O) groups excluding carboxylic acids is 2. The van der Waals surface area contributed by atoms with Crippen LogP contribution in [0.2, 0.25) is 5.02 Å². The monoisotopic (exact) mass is 496 g/mol. The summed E-state index contributed by atoms with van der Waals surface area (Å²) in [5.41, 5.74) is 1.66. The number of nitrogens with one attached hydrogen (secondary N) is 3. The van der Waals surface area contributed by atoms with Gasteiger partial charge in [0.15, 0.2) is 0 Å². The topological polar surface area (TPSA) is 133 Å². The van der Waals surface area contributed by atoms with Crippen LogP contribution < -0.4 is 10.6 Å². The molecular weight excluding hydrogens is 480 g/mol. The molecule has 0 spiro atoms. The maximum Gasteiger partial charge on any atom is 0.413 e. The number of hydrogen-bond acceptors (Lipinski definition) is 6. The van der Waals surface area contributed by atoms with Gasteiger partial charge in [0.1, 0.15) is 0 Å². The minimum absolute atomic E-state index is 0.0590. The number of H-pyrrole nitrogens is 1. The summed E-state index contributed by atoms with van der Waals surface area (Å²) in [4.78, 5) is 44.5. The fraction of sp³-hybridized carbons (Fsp3) is 0.0435. The van der Waals surface area contributed by atoms with Gasteiger partial charge in [0, 0.05) is 15.5 Å². The number of hydrogen-bond donors (Lipinski definition) is 4. The van der Waals surface area contributed by atoms with Crippen molar-refractivity contribution in [3.63, 3.8) is 0 Å². The van der Waals surface area contributed by atoms with Crippen LogP contribution >= 0.6 is 23.4 Å². The summed E-state index contributed by atoms with van der Waals surface area (Å²) >= 11 is 7.56. The van der Waals surface area contributed by atoms with Crippen molar-refractivity contribution in [1.29, 1.82) is 0 Å². The minimum Gasteiger partial charge on any atom is -0.478 e. The van der Waals surface area contributed by atoms with Gasteiger partial charge in [0.2, 0.25) is 5.95 Å². The van der Waals surface area contributed by atoms with Crippen molar-refractivity contribution in [2.24, 2.45) is 0 Å². The number of amides is 2. The number of nitrogens with zero attached hydrogens (tertiary/aromatic N) is 1. The summed E-state index contributed by atoms with van der Waals surface area (Å²) < 4.78 is 4.56. The molecule has 1 heterocycles. The lowest BCUT2D eigenvalue weighted by Crippen LogP contribution is -2.17. The molecule has 0 unspecified atom stereocenters. The summed E-state index contributed by atoms with van der Waals surface area (Å²) in [6, 6.07) is 17.0. The number of aromatic carboxylic acids is 1. The molecular formula is C23H17ClN4O5S. The molecule has 3 aromatic carbocycles. The van der Waals surface area contributed by atoms with Crippen molar-refractivity contribution in [2.75, 3.05) is 17.7 Å². The second-order valence-corrected chi connectivity index (χ2v) is 8.48. The molecule has 11 heteroatoms. The zero-order valence-corrected chi connectivity index (χ0v) is 19.2. The maximum absolute atomic E-state index is 12.6. The van der Waals surface area contributed by atoms with Crippen LogP contribution in [0.25, 0.3) is 11.0 Å². The second-order valence-electron chi connectivity index (χ2n) is 6.93. The van der Waals surface area contributed by atoms with E-state index in [0.717, 1.165) is 15.3 Å². The zero-order chi connectivity index (χ0) is 24.2. The van der Waals surface area contributed by atoms with E-state index in [4.69, 9.17) is 11.6 Å². The first-order valence-corrected chi connectivity index (χ1v) is 11.0. The van der Waals surface area contributed by atoms with Gasteiger partial charge in [-0.25, -0.2) is 14.6 Å². The van der Waals surface area contributed by atoms with Crippen LogP contribution in [0.15, 0.2) is 70.5 Å². The number of benzene rings is 3. The Balaban J connectivity index is 1.46. The quantitative estimate of drug-likeness (QED) is 0.277. The molecule has 0 radical (unpaired) electrons. The minimum atomic E-state index is -1.23. The molecule has 0 saturated carbocycles. The molecule has 34 heavy (non-hydrogen) atoms. The van der Waals surface area contributed by atoms with E-state index >= 15 is 0 Å². The molecule has 0 aliphatic rings. The summed E-state index contributed by atoms with van der Waals surface area (Å²) in [7, 11) is 1.27. The van der Waals surface area contributed by atoms with Gasteiger partial charge in [-0.1, -0.05) is 29.4 Å². The number of anilines is 2. The SMILES string of the molecule is COC(=O)Nc1nc2ccc(Sc3ccc(NC(=O)c4c(Cl)cccc4C(=O)O)cc3)cc2[nH]1. The molecule has 4 aromatic rings. The third-order valence-corrected chi connectivity index (χ3v) is 5.99. The number of rotatable bonds is 6. The molecule has 1 aromatic heterocycles. The summed E-state index contributed by atoms with van der Waals surface area (Å²) in [6.07, 6.45) is -0.616. The van der Waals surface area contributed by atoms with E-state index in [-0.39, 0.29) is 22.1 Å². The van der Waals surface area contributed by atoms with Crippen LogP contribution in [0.1, 0.15) is 20.7 Å². The van der Waals surface area contributed by atoms with Crippen LogP contribution in [0.3, 0.4) is 0 Å². The van der Waals surface area contributed by atoms with E-state index in [0.29, 0.717) is 11.2 Å². The molecule has 172 valence electrons. The van der Waals surface area contributed by atoms with Crippen molar-refractivity contribution >= 4 is 64.0 Å². The first-order valence-electron chi connectivity index (χ1n) is 9.80. The number of imidazole rings is 1. The predicted molar refractivity (Wildman–Crippen MR) is 129 cm³/mol. The molecule has 0 aliphatic heterocycles. The van der Waals surface area contributed by atoms with E-state index < -0.39 is 18.0 Å². The van der Waals surface area contributed by atoms with Gasteiger partial charge in [-0.15, -0.1) is 0 Å². The Morgan fingerprint density at radius 3 is 2.47 bits per heavy atom. The lowest BCUT2D eigenvalue weighted by molar-refractivity contribution is 0.0692. The lowest BCUT2D eigenvalue weighted by Gasteiger charge is -2.10. The van der Waals surface area contributed by atoms with E-state index in [2.05, 4.69) is 25.3 Å². The van der Waals surface area contributed by atoms with Crippen molar-refractivity contribution in [3.05, 3.63) is 76.8 Å². The Morgan fingerprint density at radius 2 is 1.76 bits per heavy atom. The smallest absolute Gasteiger partial charge is 0.413 e. The number of carboxylic acids is 1. The molecule has 0 fully saturated rings.